The summed E-state index contributed by atoms with van der Waals surface area (Å²) >= 11 is 0. The first-order chi connectivity index (χ1) is 11.1. The average molecular weight is 310 g/mol. The van der Waals surface area contributed by atoms with Crippen molar-refractivity contribution in [3.8, 4) is 0 Å². The molecule has 0 unspecified atom stereocenters. The first-order valence-electron chi connectivity index (χ1n) is 7.34. The van der Waals surface area contributed by atoms with Gasteiger partial charge in [0, 0.05) is 7.05 Å². The average Bonchev–Trinajstić information content (AvgIpc) is 3.17. The van der Waals surface area contributed by atoms with Gasteiger partial charge in [0.2, 0.25) is 0 Å². The first-order valence-corrected chi connectivity index (χ1v) is 7.34. The van der Waals surface area contributed by atoms with Gasteiger partial charge in [-0.2, -0.15) is 20.1 Å². The van der Waals surface area contributed by atoms with Crippen molar-refractivity contribution in [2.75, 3.05) is 0 Å². The normalized spacial score (nSPS) is 12.1. The molecule has 3 rings (SSSR count). The van der Waals surface area contributed by atoms with Crippen LogP contribution < -0.4 is 5.32 Å². The summed E-state index contributed by atoms with van der Waals surface area (Å²) in [5, 5.41) is 15.5. The van der Waals surface area contributed by atoms with E-state index in [0.717, 1.165) is 11.3 Å². The van der Waals surface area contributed by atoms with E-state index in [1.165, 1.54) is 0 Å². The van der Waals surface area contributed by atoms with Crippen molar-refractivity contribution in [2.45, 2.75) is 19.5 Å². The van der Waals surface area contributed by atoms with Gasteiger partial charge in [0.05, 0.1) is 30.7 Å². The number of carbonyl (C=O) groups is 1. The molecular weight excluding hydrogens is 292 g/mol. The Morgan fingerprint density at radius 2 is 1.91 bits per heavy atom. The lowest BCUT2D eigenvalue weighted by Gasteiger charge is -2.18. The third-order valence-electron chi connectivity index (χ3n) is 3.55. The second-order valence-corrected chi connectivity index (χ2v) is 5.32. The fraction of sp³-hybridized carbons (Fsp3) is 0.250. The number of amides is 1. The summed E-state index contributed by atoms with van der Waals surface area (Å²) in [6.07, 6.45) is 3.24. The SMILES string of the molecule is Cc1cc(C(=O)N[C@@H](Cn2nccn2)c2ccccc2)n(C)n1. The number of benzene rings is 1. The molecule has 0 aliphatic carbocycles. The zero-order valence-corrected chi connectivity index (χ0v) is 13.0. The van der Waals surface area contributed by atoms with Crippen molar-refractivity contribution in [1.29, 1.82) is 0 Å². The van der Waals surface area contributed by atoms with Crippen LogP contribution in [0.4, 0.5) is 0 Å². The molecule has 0 saturated carbocycles. The highest BCUT2D eigenvalue weighted by molar-refractivity contribution is 5.92. The van der Waals surface area contributed by atoms with E-state index >= 15 is 0 Å². The maximum Gasteiger partial charge on any atom is 0.270 e. The van der Waals surface area contributed by atoms with Gasteiger partial charge < -0.3 is 5.32 Å². The van der Waals surface area contributed by atoms with Crippen LogP contribution in [0.15, 0.2) is 48.8 Å². The van der Waals surface area contributed by atoms with E-state index in [1.807, 2.05) is 37.3 Å². The molecule has 7 nitrogen and oxygen atoms in total. The highest BCUT2D eigenvalue weighted by Gasteiger charge is 2.19. The van der Waals surface area contributed by atoms with E-state index in [4.69, 9.17) is 0 Å². The fourth-order valence-corrected chi connectivity index (χ4v) is 2.48. The van der Waals surface area contributed by atoms with E-state index < -0.39 is 0 Å². The first kappa shape index (κ1) is 15.0. The van der Waals surface area contributed by atoms with Crippen LogP contribution in [0.5, 0.6) is 0 Å². The summed E-state index contributed by atoms with van der Waals surface area (Å²) in [5.41, 5.74) is 2.33. The van der Waals surface area contributed by atoms with Crippen LogP contribution in [0.25, 0.3) is 0 Å². The monoisotopic (exact) mass is 310 g/mol. The van der Waals surface area contributed by atoms with Gasteiger partial charge in [-0.05, 0) is 18.6 Å². The van der Waals surface area contributed by atoms with Crippen LogP contribution in [0, 0.1) is 6.92 Å². The Balaban J connectivity index is 1.83. The maximum atomic E-state index is 12.6. The quantitative estimate of drug-likeness (QED) is 0.774. The summed E-state index contributed by atoms with van der Waals surface area (Å²) in [4.78, 5) is 14.1. The predicted molar refractivity (Wildman–Crippen MR) is 84.6 cm³/mol. The molecule has 0 spiro atoms. The molecule has 0 bridgehead atoms. The smallest absolute Gasteiger partial charge is 0.270 e. The third kappa shape index (κ3) is 3.45. The van der Waals surface area contributed by atoms with Crippen molar-refractivity contribution in [3.63, 3.8) is 0 Å². The Labute approximate surface area is 133 Å². The van der Waals surface area contributed by atoms with Gasteiger partial charge in [-0.1, -0.05) is 30.3 Å². The predicted octanol–water partition coefficient (Wildman–Crippen LogP) is 1.49. The molecule has 2 aromatic heterocycles. The number of hydrogen-bond acceptors (Lipinski definition) is 4. The largest absolute Gasteiger partial charge is 0.342 e. The van der Waals surface area contributed by atoms with Crippen LogP contribution in [-0.4, -0.2) is 30.7 Å². The second kappa shape index (κ2) is 6.43. The van der Waals surface area contributed by atoms with Crippen molar-refractivity contribution in [3.05, 3.63) is 65.7 Å². The molecule has 7 heteroatoms. The summed E-state index contributed by atoms with van der Waals surface area (Å²) in [6.45, 7) is 2.32. The minimum atomic E-state index is -0.230. The number of carbonyl (C=O) groups excluding carboxylic acids is 1. The van der Waals surface area contributed by atoms with Gasteiger partial charge in [0.25, 0.3) is 5.91 Å². The molecule has 2 heterocycles. The molecule has 1 N–H and O–H groups in total. The molecule has 1 aromatic carbocycles. The van der Waals surface area contributed by atoms with Gasteiger partial charge in [0.1, 0.15) is 5.69 Å². The summed E-state index contributed by atoms with van der Waals surface area (Å²) in [7, 11) is 1.76. The number of aryl methyl sites for hydroxylation is 2. The molecule has 23 heavy (non-hydrogen) atoms. The van der Waals surface area contributed by atoms with Gasteiger partial charge in [-0.15, -0.1) is 0 Å². The molecule has 3 aromatic rings. The zero-order valence-electron chi connectivity index (χ0n) is 13.0. The van der Waals surface area contributed by atoms with Gasteiger partial charge in [0.15, 0.2) is 0 Å². The lowest BCUT2D eigenvalue weighted by molar-refractivity contribution is 0.0921. The standard InChI is InChI=1S/C16H18N6O/c1-12-10-15(21(2)20-12)16(23)19-14(11-22-17-8-9-18-22)13-6-4-3-5-7-13/h3-10,14H,11H2,1-2H3,(H,19,23)/t14-/m0/s1. The van der Waals surface area contributed by atoms with Crippen LogP contribution in [0.3, 0.4) is 0 Å². The molecule has 0 aliphatic rings. The molecule has 1 atom stereocenters. The lowest BCUT2D eigenvalue weighted by atomic mass is 10.1. The van der Waals surface area contributed by atoms with E-state index in [9.17, 15) is 4.79 Å². The Bertz CT molecular complexity index is 778. The van der Waals surface area contributed by atoms with E-state index in [1.54, 1.807) is 35.0 Å². The number of aromatic nitrogens is 5. The minimum Gasteiger partial charge on any atom is -0.342 e. The van der Waals surface area contributed by atoms with Gasteiger partial charge >= 0.3 is 0 Å². The lowest BCUT2D eigenvalue weighted by Crippen LogP contribution is -2.33. The van der Waals surface area contributed by atoms with Crippen molar-refractivity contribution < 1.29 is 4.79 Å². The van der Waals surface area contributed by atoms with E-state index in [0.29, 0.717) is 12.2 Å². The van der Waals surface area contributed by atoms with Crippen LogP contribution in [0.1, 0.15) is 27.8 Å². The van der Waals surface area contributed by atoms with Crippen molar-refractivity contribution in [2.24, 2.45) is 7.05 Å². The molecule has 0 radical (unpaired) electrons. The molecule has 118 valence electrons. The maximum absolute atomic E-state index is 12.6. The molecule has 0 saturated heterocycles. The van der Waals surface area contributed by atoms with Crippen LogP contribution in [-0.2, 0) is 13.6 Å². The van der Waals surface area contributed by atoms with Crippen LogP contribution >= 0.6 is 0 Å². The highest BCUT2D eigenvalue weighted by atomic mass is 16.2. The molecule has 1 amide bonds. The van der Waals surface area contributed by atoms with E-state index in [2.05, 4.69) is 20.6 Å². The topological polar surface area (TPSA) is 77.6 Å². The van der Waals surface area contributed by atoms with Crippen LogP contribution in [0.2, 0.25) is 0 Å². The Hall–Kier alpha value is -2.96. The Morgan fingerprint density at radius 3 is 2.52 bits per heavy atom. The fourth-order valence-electron chi connectivity index (χ4n) is 2.48. The Kier molecular flexibility index (Phi) is 4.18. The molecular formula is C16H18N6O. The number of rotatable bonds is 5. The number of nitrogens with zero attached hydrogens (tertiary/aromatic N) is 5. The molecule has 0 fully saturated rings. The van der Waals surface area contributed by atoms with Gasteiger partial charge in [-0.25, -0.2) is 0 Å². The summed E-state index contributed by atoms with van der Waals surface area (Å²) in [6, 6.07) is 11.3. The van der Waals surface area contributed by atoms with Crippen molar-refractivity contribution in [1.82, 2.24) is 30.1 Å². The van der Waals surface area contributed by atoms with E-state index in [-0.39, 0.29) is 11.9 Å². The second-order valence-electron chi connectivity index (χ2n) is 5.32. The molecule has 0 aliphatic heterocycles. The highest BCUT2D eigenvalue weighted by Crippen LogP contribution is 2.15. The van der Waals surface area contributed by atoms with Gasteiger partial charge in [-0.3, -0.25) is 9.48 Å². The third-order valence-corrected chi connectivity index (χ3v) is 3.55. The number of nitrogens with one attached hydrogen (secondary N) is 1. The minimum absolute atomic E-state index is 0.172. The Morgan fingerprint density at radius 1 is 1.22 bits per heavy atom. The van der Waals surface area contributed by atoms with Crippen molar-refractivity contribution >= 4 is 5.91 Å². The summed E-state index contributed by atoms with van der Waals surface area (Å²) in [5.74, 6) is -0.172. The summed E-state index contributed by atoms with van der Waals surface area (Å²) < 4.78 is 1.58. The number of hydrogen-bond donors (Lipinski definition) is 1. The zero-order chi connectivity index (χ0) is 16.2.